The van der Waals surface area contributed by atoms with Gasteiger partial charge in [0, 0.05) is 23.9 Å². The number of allylic oxidation sites excluding steroid dienone is 4. The predicted octanol–water partition coefficient (Wildman–Crippen LogP) is 3.93. The standard InChI is InChI=1S/C19H24N2OS/c1-3-23-18-20-16-14-9-5-4-8-13(14)12-19(10-6-7-11-19)15(16)17(22)21(18)2/h4-5,8-9,13-14H,3,6-7,10-12H2,1-2H3. The number of aromatic nitrogens is 2. The third kappa shape index (κ3) is 2.25. The van der Waals surface area contributed by atoms with Crippen LogP contribution in [0.2, 0.25) is 0 Å². The van der Waals surface area contributed by atoms with Gasteiger partial charge in [-0.2, -0.15) is 0 Å². The summed E-state index contributed by atoms with van der Waals surface area (Å²) in [6.45, 7) is 2.11. The van der Waals surface area contributed by atoms with Crippen LogP contribution in [0.3, 0.4) is 0 Å². The number of rotatable bonds is 2. The molecule has 2 unspecified atom stereocenters. The van der Waals surface area contributed by atoms with Gasteiger partial charge < -0.3 is 0 Å². The number of hydrogen-bond acceptors (Lipinski definition) is 3. The summed E-state index contributed by atoms with van der Waals surface area (Å²) in [6.07, 6.45) is 14.8. The third-order valence-corrected chi connectivity index (χ3v) is 6.75. The van der Waals surface area contributed by atoms with Crippen LogP contribution in [0.4, 0.5) is 0 Å². The maximum atomic E-state index is 13.2. The molecule has 2 atom stereocenters. The van der Waals surface area contributed by atoms with Crippen molar-refractivity contribution in [2.45, 2.75) is 55.5 Å². The highest BCUT2D eigenvalue weighted by Gasteiger charge is 2.48. The summed E-state index contributed by atoms with van der Waals surface area (Å²) in [7, 11) is 1.89. The molecule has 1 fully saturated rings. The minimum Gasteiger partial charge on any atom is -0.291 e. The SMILES string of the molecule is CCSc1nc2c(c(=O)n1C)C1(CCCC1)CC1C=CC=CC21. The molecule has 3 aliphatic rings. The first-order valence-electron chi connectivity index (χ1n) is 8.75. The molecule has 0 saturated heterocycles. The highest BCUT2D eigenvalue weighted by atomic mass is 32.2. The van der Waals surface area contributed by atoms with Gasteiger partial charge in [0.05, 0.1) is 5.69 Å². The molecule has 1 saturated carbocycles. The van der Waals surface area contributed by atoms with E-state index in [0.29, 0.717) is 5.92 Å². The molecule has 4 rings (SSSR count). The summed E-state index contributed by atoms with van der Waals surface area (Å²) >= 11 is 1.67. The molecule has 3 aliphatic carbocycles. The average molecular weight is 328 g/mol. The molecular formula is C19H24N2OS. The van der Waals surface area contributed by atoms with Crippen LogP contribution in [-0.4, -0.2) is 15.3 Å². The molecular weight excluding hydrogens is 304 g/mol. The fourth-order valence-corrected chi connectivity index (χ4v) is 5.49. The normalized spacial score (nSPS) is 27.2. The van der Waals surface area contributed by atoms with Crippen LogP contribution in [0.1, 0.15) is 56.2 Å². The smallest absolute Gasteiger partial charge is 0.257 e. The van der Waals surface area contributed by atoms with Gasteiger partial charge >= 0.3 is 0 Å². The molecule has 0 amide bonds. The molecule has 1 aromatic rings. The number of nitrogens with zero attached hydrogens (tertiary/aromatic N) is 2. The lowest BCUT2D eigenvalue weighted by Gasteiger charge is -2.42. The monoisotopic (exact) mass is 328 g/mol. The van der Waals surface area contributed by atoms with Crippen molar-refractivity contribution in [3.8, 4) is 0 Å². The lowest BCUT2D eigenvalue weighted by Crippen LogP contribution is -2.43. The van der Waals surface area contributed by atoms with Gasteiger partial charge in [0.1, 0.15) is 0 Å². The Morgan fingerprint density at radius 1 is 1.30 bits per heavy atom. The number of thioether (sulfide) groups is 1. The van der Waals surface area contributed by atoms with E-state index in [0.717, 1.165) is 41.4 Å². The number of hydrogen-bond donors (Lipinski definition) is 0. The third-order valence-electron chi connectivity index (χ3n) is 5.83. The van der Waals surface area contributed by atoms with E-state index in [1.54, 1.807) is 16.3 Å². The first kappa shape index (κ1) is 15.3. The lowest BCUT2D eigenvalue weighted by atomic mass is 9.62. The molecule has 3 nitrogen and oxygen atoms in total. The Balaban J connectivity index is 1.97. The summed E-state index contributed by atoms with van der Waals surface area (Å²) in [6, 6.07) is 0. The maximum Gasteiger partial charge on any atom is 0.257 e. The molecule has 23 heavy (non-hydrogen) atoms. The molecule has 0 N–H and O–H groups in total. The summed E-state index contributed by atoms with van der Waals surface area (Å²) in [5, 5.41) is 0.869. The van der Waals surface area contributed by atoms with Crippen molar-refractivity contribution in [1.82, 2.24) is 9.55 Å². The van der Waals surface area contributed by atoms with Crippen molar-refractivity contribution in [3.63, 3.8) is 0 Å². The van der Waals surface area contributed by atoms with E-state index in [9.17, 15) is 4.79 Å². The van der Waals surface area contributed by atoms with E-state index in [-0.39, 0.29) is 16.9 Å². The quantitative estimate of drug-likeness (QED) is 0.609. The molecule has 0 aromatic carbocycles. The van der Waals surface area contributed by atoms with Gasteiger partial charge in [-0.1, -0.05) is 55.8 Å². The molecule has 1 aromatic heterocycles. The molecule has 1 spiro atoms. The van der Waals surface area contributed by atoms with Gasteiger partial charge in [-0.25, -0.2) is 4.98 Å². The first-order valence-corrected chi connectivity index (χ1v) is 9.74. The van der Waals surface area contributed by atoms with Crippen molar-refractivity contribution in [2.75, 3.05) is 5.75 Å². The van der Waals surface area contributed by atoms with Crippen molar-refractivity contribution in [2.24, 2.45) is 13.0 Å². The average Bonchev–Trinajstić information content (AvgIpc) is 3.01. The summed E-state index contributed by atoms with van der Waals surface area (Å²) in [5.74, 6) is 1.73. The van der Waals surface area contributed by atoms with Crippen LogP contribution < -0.4 is 5.56 Å². The minimum absolute atomic E-state index is 0.0727. The Labute approximate surface area is 141 Å². The van der Waals surface area contributed by atoms with Crippen molar-refractivity contribution in [1.29, 1.82) is 0 Å². The second-order valence-electron chi connectivity index (χ2n) is 7.10. The van der Waals surface area contributed by atoms with Crippen LogP contribution in [0, 0.1) is 5.92 Å². The highest BCUT2D eigenvalue weighted by molar-refractivity contribution is 7.99. The van der Waals surface area contributed by atoms with Crippen molar-refractivity contribution < 1.29 is 0 Å². The predicted molar refractivity (Wildman–Crippen MR) is 95.2 cm³/mol. The van der Waals surface area contributed by atoms with E-state index in [1.165, 1.54) is 12.8 Å². The van der Waals surface area contributed by atoms with Crippen molar-refractivity contribution in [3.05, 3.63) is 45.9 Å². The summed E-state index contributed by atoms with van der Waals surface area (Å²) in [4.78, 5) is 18.2. The van der Waals surface area contributed by atoms with Crippen LogP contribution in [0.25, 0.3) is 0 Å². The van der Waals surface area contributed by atoms with E-state index in [1.807, 2.05) is 7.05 Å². The van der Waals surface area contributed by atoms with Crippen molar-refractivity contribution >= 4 is 11.8 Å². The zero-order valence-corrected chi connectivity index (χ0v) is 14.7. The zero-order valence-electron chi connectivity index (χ0n) is 13.9. The van der Waals surface area contributed by atoms with Crippen LogP contribution in [-0.2, 0) is 12.5 Å². The maximum absolute atomic E-state index is 13.2. The molecule has 4 heteroatoms. The van der Waals surface area contributed by atoms with E-state index in [4.69, 9.17) is 4.98 Å². The van der Waals surface area contributed by atoms with E-state index < -0.39 is 0 Å². The Kier molecular flexibility index (Phi) is 3.75. The molecule has 0 aliphatic heterocycles. The van der Waals surface area contributed by atoms with E-state index >= 15 is 0 Å². The second-order valence-corrected chi connectivity index (χ2v) is 8.33. The molecule has 1 heterocycles. The zero-order chi connectivity index (χ0) is 16.0. The lowest BCUT2D eigenvalue weighted by molar-refractivity contribution is 0.293. The van der Waals surface area contributed by atoms with Gasteiger partial charge in [-0.15, -0.1) is 0 Å². The summed E-state index contributed by atoms with van der Waals surface area (Å²) < 4.78 is 1.79. The van der Waals surface area contributed by atoms with Crippen LogP contribution in [0.15, 0.2) is 34.3 Å². The fourth-order valence-electron chi connectivity index (χ4n) is 4.80. The van der Waals surface area contributed by atoms with Crippen LogP contribution in [0.5, 0.6) is 0 Å². The Hall–Kier alpha value is -1.29. The summed E-state index contributed by atoms with van der Waals surface area (Å²) in [5.41, 5.74) is 2.39. The van der Waals surface area contributed by atoms with Gasteiger partial charge in [0.2, 0.25) is 0 Å². The fraction of sp³-hybridized carbons (Fsp3) is 0.579. The van der Waals surface area contributed by atoms with Gasteiger partial charge in [-0.05, 0) is 30.9 Å². The van der Waals surface area contributed by atoms with E-state index in [2.05, 4.69) is 31.2 Å². The van der Waals surface area contributed by atoms with Gasteiger partial charge in [-0.3, -0.25) is 9.36 Å². The number of fused-ring (bicyclic) bond motifs is 4. The molecule has 0 bridgehead atoms. The minimum atomic E-state index is 0.0727. The van der Waals surface area contributed by atoms with Gasteiger partial charge in [0.15, 0.2) is 5.16 Å². The van der Waals surface area contributed by atoms with Gasteiger partial charge in [0.25, 0.3) is 5.56 Å². The Morgan fingerprint density at radius 3 is 2.78 bits per heavy atom. The molecule has 122 valence electrons. The highest BCUT2D eigenvalue weighted by Crippen LogP contribution is 2.53. The Bertz CT molecular complexity index is 740. The van der Waals surface area contributed by atoms with Crippen LogP contribution >= 0.6 is 11.8 Å². The Morgan fingerprint density at radius 2 is 2.04 bits per heavy atom. The molecule has 0 radical (unpaired) electrons. The second kappa shape index (κ2) is 5.66. The first-order chi connectivity index (χ1) is 11.2. The largest absolute Gasteiger partial charge is 0.291 e. The topological polar surface area (TPSA) is 34.9 Å².